The lowest BCUT2D eigenvalue weighted by Crippen LogP contribution is -1.86. The minimum absolute atomic E-state index is 0.00498. The number of non-ortho nitro benzene ring substituents is 1. The number of hydrogen-bond acceptors (Lipinski definition) is 8. The molecule has 0 spiro atoms. The third-order valence-corrected chi connectivity index (χ3v) is 4.06. The standard InChI is InChI=1S/C11H8N4O3S2/c12-10-13-6(4-19-10)5-20-11-14-8-3-7(15(16)17)1-2-9(8)18-11/h1-4H,5H2,(H2,12,13). The van der Waals surface area contributed by atoms with E-state index in [9.17, 15) is 10.1 Å². The zero-order chi connectivity index (χ0) is 14.1. The lowest BCUT2D eigenvalue weighted by atomic mass is 10.3. The number of rotatable bonds is 4. The van der Waals surface area contributed by atoms with Crippen LogP contribution >= 0.6 is 23.1 Å². The highest BCUT2D eigenvalue weighted by Gasteiger charge is 2.12. The van der Waals surface area contributed by atoms with Gasteiger partial charge in [-0.05, 0) is 6.07 Å². The summed E-state index contributed by atoms with van der Waals surface area (Å²) in [5, 5.41) is 13.5. The second kappa shape index (κ2) is 5.10. The SMILES string of the molecule is Nc1nc(CSc2nc3cc([N+](=O)[O-])ccc3o2)cs1. The second-order valence-corrected chi connectivity index (χ2v) is 5.67. The van der Waals surface area contributed by atoms with Crippen molar-refractivity contribution in [3.63, 3.8) is 0 Å². The normalized spacial score (nSPS) is 11.0. The molecule has 0 unspecified atom stereocenters. The molecule has 7 nitrogen and oxygen atoms in total. The molecular weight excluding hydrogens is 300 g/mol. The highest BCUT2D eigenvalue weighted by molar-refractivity contribution is 7.98. The number of aromatic nitrogens is 2. The molecule has 0 fully saturated rings. The van der Waals surface area contributed by atoms with Crippen molar-refractivity contribution in [2.75, 3.05) is 5.73 Å². The average molecular weight is 308 g/mol. The van der Waals surface area contributed by atoms with E-state index in [1.165, 1.54) is 35.2 Å². The molecule has 20 heavy (non-hydrogen) atoms. The number of thiazole rings is 1. The van der Waals surface area contributed by atoms with E-state index in [0.29, 0.717) is 27.2 Å². The first kappa shape index (κ1) is 12.9. The van der Waals surface area contributed by atoms with Crippen molar-refractivity contribution in [3.8, 4) is 0 Å². The minimum atomic E-state index is -0.459. The lowest BCUT2D eigenvalue weighted by molar-refractivity contribution is -0.384. The summed E-state index contributed by atoms with van der Waals surface area (Å²) in [7, 11) is 0. The molecule has 0 radical (unpaired) electrons. The smallest absolute Gasteiger partial charge is 0.271 e. The van der Waals surface area contributed by atoms with E-state index in [1.807, 2.05) is 5.38 Å². The maximum absolute atomic E-state index is 10.7. The summed E-state index contributed by atoms with van der Waals surface area (Å²) in [6.07, 6.45) is 0. The topological polar surface area (TPSA) is 108 Å². The molecule has 3 aromatic rings. The Kier molecular flexibility index (Phi) is 3.28. The summed E-state index contributed by atoms with van der Waals surface area (Å²) in [6, 6.07) is 4.33. The summed E-state index contributed by atoms with van der Waals surface area (Å²) >= 11 is 2.74. The maximum Gasteiger partial charge on any atom is 0.271 e. The molecule has 0 saturated carbocycles. The van der Waals surface area contributed by atoms with Crippen molar-refractivity contribution in [2.24, 2.45) is 0 Å². The van der Waals surface area contributed by atoms with Gasteiger partial charge in [-0.15, -0.1) is 11.3 Å². The van der Waals surface area contributed by atoms with Gasteiger partial charge in [0.05, 0.1) is 10.6 Å². The van der Waals surface area contributed by atoms with Crippen LogP contribution in [0.25, 0.3) is 11.1 Å². The van der Waals surface area contributed by atoms with E-state index in [1.54, 1.807) is 6.07 Å². The minimum Gasteiger partial charge on any atom is -0.431 e. The van der Waals surface area contributed by atoms with Gasteiger partial charge in [0, 0.05) is 23.3 Å². The summed E-state index contributed by atoms with van der Waals surface area (Å²) in [5.74, 6) is 0.586. The number of anilines is 1. The van der Waals surface area contributed by atoms with Crippen molar-refractivity contribution in [3.05, 3.63) is 39.4 Å². The maximum atomic E-state index is 10.7. The zero-order valence-corrected chi connectivity index (χ0v) is 11.6. The number of nitrogen functional groups attached to an aromatic ring is 1. The van der Waals surface area contributed by atoms with Crippen LogP contribution in [-0.2, 0) is 5.75 Å². The molecule has 2 heterocycles. The number of fused-ring (bicyclic) bond motifs is 1. The molecule has 2 N–H and O–H groups in total. The van der Waals surface area contributed by atoms with E-state index < -0.39 is 4.92 Å². The number of nitrogens with zero attached hydrogens (tertiary/aromatic N) is 3. The predicted octanol–water partition coefficient (Wildman–Crippen LogP) is 3.07. The van der Waals surface area contributed by atoms with Crippen LogP contribution in [0.5, 0.6) is 0 Å². The lowest BCUT2D eigenvalue weighted by Gasteiger charge is -1.91. The highest BCUT2D eigenvalue weighted by atomic mass is 32.2. The second-order valence-electron chi connectivity index (χ2n) is 3.85. The molecule has 0 amide bonds. The number of nitro benzene ring substituents is 1. The number of benzene rings is 1. The van der Waals surface area contributed by atoms with E-state index in [4.69, 9.17) is 10.2 Å². The van der Waals surface area contributed by atoms with Crippen molar-refractivity contribution in [1.82, 2.24) is 9.97 Å². The van der Waals surface area contributed by atoms with Gasteiger partial charge >= 0.3 is 0 Å². The Hall–Kier alpha value is -2.13. The largest absolute Gasteiger partial charge is 0.431 e. The van der Waals surface area contributed by atoms with Gasteiger partial charge in [-0.3, -0.25) is 10.1 Å². The zero-order valence-electron chi connectivity index (χ0n) is 9.98. The van der Waals surface area contributed by atoms with Crippen molar-refractivity contribution < 1.29 is 9.34 Å². The molecule has 102 valence electrons. The van der Waals surface area contributed by atoms with Gasteiger partial charge in [-0.2, -0.15) is 0 Å². The molecular formula is C11H8N4O3S2. The van der Waals surface area contributed by atoms with Gasteiger partial charge in [-0.25, -0.2) is 9.97 Å². The number of nitrogens with two attached hydrogens (primary N) is 1. The monoisotopic (exact) mass is 308 g/mol. The van der Waals surface area contributed by atoms with Gasteiger partial charge in [0.25, 0.3) is 10.9 Å². The first-order valence-corrected chi connectivity index (χ1v) is 7.36. The molecule has 0 aliphatic heterocycles. The summed E-state index contributed by atoms with van der Waals surface area (Å²) < 4.78 is 5.50. The Bertz CT molecular complexity index is 783. The number of oxazole rings is 1. The predicted molar refractivity (Wildman–Crippen MR) is 76.8 cm³/mol. The van der Waals surface area contributed by atoms with E-state index in [0.717, 1.165) is 5.69 Å². The first-order valence-electron chi connectivity index (χ1n) is 5.49. The van der Waals surface area contributed by atoms with Gasteiger partial charge in [-0.1, -0.05) is 11.8 Å². The molecule has 0 bridgehead atoms. The number of hydrogen-bond donors (Lipinski definition) is 1. The third kappa shape index (κ3) is 2.58. The number of thioether (sulfide) groups is 1. The van der Waals surface area contributed by atoms with Gasteiger partial charge in [0.2, 0.25) is 0 Å². The summed E-state index contributed by atoms with van der Waals surface area (Å²) in [5.41, 5.74) is 7.39. The van der Waals surface area contributed by atoms with Crippen LogP contribution in [0.4, 0.5) is 10.8 Å². The van der Waals surface area contributed by atoms with E-state index in [2.05, 4.69) is 9.97 Å². The summed E-state index contributed by atoms with van der Waals surface area (Å²) in [4.78, 5) is 18.6. The van der Waals surface area contributed by atoms with Crippen molar-refractivity contribution in [1.29, 1.82) is 0 Å². The fraction of sp³-hybridized carbons (Fsp3) is 0.0909. The quantitative estimate of drug-likeness (QED) is 0.448. The molecule has 0 aliphatic rings. The highest BCUT2D eigenvalue weighted by Crippen LogP contribution is 2.28. The van der Waals surface area contributed by atoms with Crippen LogP contribution in [0.2, 0.25) is 0 Å². The van der Waals surface area contributed by atoms with Gasteiger partial charge in [0.15, 0.2) is 10.7 Å². The molecule has 0 saturated heterocycles. The fourth-order valence-electron chi connectivity index (χ4n) is 1.59. The first-order chi connectivity index (χ1) is 9.61. The van der Waals surface area contributed by atoms with Gasteiger partial charge < -0.3 is 10.2 Å². The Morgan fingerprint density at radius 2 is 2.30 bits per heavy atom. The number of nitro groups is 1. The van der Waals surface area contributed by atoms with E-state index in [-0.39, 0.29) is 5.69 Å². The van der Waals surface area contributed by atoms with Gasteiger partial charge in [0.1, 0.15) is 5.52 Å². The molecule has 0 aliphatic carbocycles. The van der Waals surface area contributed by atoms with Crippen molar-refractivity contribution >= 4 is 45.0 Å². The van der Waals surface area contributed by atoms with Crippen LogP contribution < -0.4 is 5.73 Å². The average Bonchev–Trinajstić information content (AvgIpc) is 3.00. The Morgan fingerprint density at radius 3 is 3.00 bits per heavy atom. The molecule has 2 aromatic heterocycles. The Balaban J connectivity index is 1.80. The molecule has 9 heteroatoms. The fourth-order valence-corrected chi connectivity index (χ4v) is 2.99. The molecule has 0 atom stereocenters. The van der Waals surface area contributed by atoms with Crippen LogP contribution in [0.1, 0.15) is 5.69 Å². The van der Waals surface area contributed by atoms with Crippen LogP contribution in [0.15, 0.2) is 33.2 Å². The Labute approximate surface area is 121 Å². The third-order valence-electron chi connectivity index (χ3n) is 2.48. The Morgan fingerprint density at radius 1 is 1.45 bits per heavy atom. The molecule has 3 rings (SSSR count). The van der Waals surface area contributed by atoms with Crippen LogP contribution in [0, 0.1) is 10.1 Å². The van der Waals surface area contributed by atoms with Crippen LogP contribution in [-0.4, -0.2) is 14.9 Å². The van der Waals surface area contributed by atoms with Crippen LogP contribution in [0.3, 0.4) is 0 Å². The summed E-state index contributed by atoms with van der Waals surface area (Å²) in [6.45, 7) is 0. The molecule has 1 aromatic carbocycles. The van der Waals surface area contributed by atoms with Crippen molar-refractivity contribution in [2.45, 2.75) is 11.0 Å². The van der Waals surface area contributed by atoms with E-state index >= 15 is 0 Å².